The third-order valence-electron chi connectivity index (χ3n) is 2.47. The summed E-state index contributed by atoms with van der Waals surface area (Å²) < 4.78 is 0. The molecule has 2 unspecified atom stereocenters. The van der Waals surface area contributed by atoms with Crippen molar-refractivity contribution in [1.29, 1.82) is 0 Å². The highest BCUT2D eigenvalue weighted by molar-refractivity contribution is 5.89. The molecule has 90 valence electrons. The molecule has 2 atom stereocenters. The van der Waals surface area contributed by atoms with Gasteiger partial charge in [0.15, 0.2) is 0 Å². The predicted octanol–water partition coefficient (Wildman–Crippen LogP) is -0.650. The first-order chi connectivity index (χ1) is 7.52. The summed E-state index contributed by atoms with van der Waals surface area (Å²) in [5.74, 6) is -2.07. The Balaban J connectivity index is 2.04. The average molecular weight is 228 g/mol. The Bertz CT molecular complexity index is 303. The SMILES string of the molecule is CC(=O)NCCCNC(=O)C1CC1C(=O)O. The largest absolute Gasteiger partial charge is 0.481 e. The molecule has 6 heteroatoms. The molecule has 0 aromatic rings. The van der Waals surface area contributed by atoms with Crippen LogP contribution in [0.5, 0.6) is 0 Å². The van der Waals surface area contributed by atoms with Gasteiger partial charge in [-0.25, -0.2) is 0 Å². The van der Waals surface area contributed by atoms with Crippen LogP contribution >= 0.6 is 0 Å². The number of amides is 2. The first-order valence-electron chi connectivity index (χ1n) is 5.27. The molecule has 1 saturated carbocycles. The minimum absolute atomic E-state index is 0.0977. The normalized spacial score (nSPS) is 22.3. The van der Waals surface area contributed by atoms with Crippen LogP contribution < -0.4 is 10.6 Å². The van der Waals surface area contributed by atoms with E-state index in [0.29, 0.717) is 25.9 Å². The van der Waals surface area contributed by atoms with Gasteiger partial charge in [0, 0.05) is 20.0 Å². The quantitative estimate of drug-likeness (QED) is 0.526. The molecule has 2 amide bonds. The highest BCUT2D eigenvalue weighted by Gasteiger charge is 2.48. The van der Waals surface area contributed by atoms with Gasteiger partial charge in [0.25, 0.3) is 0 Å². The van der Waals surface area contributed by atoms with E-state index in [1.54, 1.807) is 0 Å². The Labute approximate surface area is 93.4 Å². The fourth-order valence-electron chi connectivity index (χ4n) is 1.45. The predicted molar refractivity (Wildman–Crippen MR) is 55.5 cm³/mol. The number of hydrogen-bond donors (Lipinski definition) is 3. The average Bonchev–Trinajstić information content (AvgIpc) is 2.95. The minimum atomic E-state index is -0.904. The molecule has 3 N–H and O–H groups in total. The zero-order valence-corrected chi connectivity index (χ0v) is 9.16. The number of carbonyl (C=O) groups excluding carboxylic acids is 2. The molecule has 1 aliphatic carbocycles. The molecule has 0 saturated heterocycles. The molecule has 1 rings (SSSR count). The standard InChI is InChI=1S/C10H16N2O4/c1-6(13)11-3-2-4-12-9(14)7-5-8(7)10(15)16/h7-8H,2-5H2,1H3,(H,11,13)(H,12,14)(H,15,16). The van der Waals surface area contributed by atoms with Crippen LogP contribution in [0.15, 0.2) is 0 Å². The molecule has 0 radical (unpaired) electrons. The molecule has 1 aliphatic rings. The maximum Gasteiger partial charge on any atom is 0.307 e. The lowest BCUT2D eigenvalue weighted by Gasteiger charge is -2.04. The van der Waals surface area contributed by atoms with Gasteiger partial charge >= 0.3 is 5.97 Å². The topological polar surface area (TPSA) is 95.5 Å². The van der Waals surface area contributed by atoms with Gasteiger partial charge in [-0.05, 0) is 12.8 Å². The van der Waals surface area contributed by atoms with E-state index in [-0.39, 0.29) is 17.7 Å². The Hall–Kier alpha value is -1.59. The van der Waals surface area contributed by atoms with E-state index in [4.69, 9.17) is 5.11 Å². The summed E-state index contributed by atoms with van der Waals surface area (Å²) in [4.78, 5) is 32.4. The molecule has 0 bridgehead atoms. The number of carboxylic acids is 1. The molecular formula is C10H16N2O4. The van der Waals surface area contributed by atoms with Crippen molar-refractivity contribution in [3.05, 3.63) is 0 Å². The van der Waals surface area contributed by atoms with Crippen molar-refractivity contribution in [3.63, 3.8) is 0 Å². The summed E-state index contributed by atoms with van der Waals surface area (Å²) >= 11 is 0. The second-order valence-electron chi connectivity index (χ2n) is 3.91. The molecular weight excluding hydrogens is 212 g/mol. The van der Waals surface area contributed by atoms with Gasteiger partial charge in [0.1, 0.15) is 0 Å². The first kappa shape index (κ1) is 12.5. The zero-order valence-electron chi connectivity index (χ0n) is 9.16. The summed E-state index contributed by atoms with van der Waals surface area (Å²) in [6, 6.07) is 0. The Kier molecular flexibility index (Phi) is 4.28. The minimum Gasteiger partial charge on any atom is -0.481 e. The van der Waals surface area contributed by atoms with Crippen molar-refractivity contribution in [2.45, 2.75) is 19.8 Å². The van der Waals surface area contributed by atoms with Crippen molar-refractivity contribution < 1.29 is 19.5 Å². The van der Waals surface area contributed by atoms with E-state index in [9.17, 15) is 14.4 Å². The lowest BCUT2D eigenvalue weighted by atomic mass is 10.3. The molecule has 16 heavy (non-hydrogen) atoms. The second kappa shape index (κ2) is 5.48. The fourth-order valence-corrected chi connectivity index (χ4v) is 1.45. The summed E-state index contributed by atoms with van der Waals surface area (Å²) in [5.41, 5.74) is 0. The highest BCUT2D eigenvalue weighted by atomic mass is 16.4. The van der Waals surface area contributed by atoms with E-state index < -0.39 is 11.9 Å². The van der Waals surface area contributed by atoms with Crippen molar-refractivity contribution in [3.8, 4) is 0 Å². The summed E-state index contributed by atoms with van der Waals surface area (Å²) in [6.45, 7) is 2.41. The van der Waals surface area contributed by atoms with Crippen LogP contribution in [-0.4, -0.2) is 36.0 Å². The van der Waals surface area contributed by atoms with Gasteiger partial charge in [-0.15, -0.1) is 0 Å². The van der Waals surface area contributed by atoms with Crippen molar-refractivity contribution in [2.75, 3.05) is 13.1 Å². The Morgan fingerprint density at radius 1 is 1.19 bits per heavy atom. The molecule has 1 fully saturated rings. The van der Waals surface area contributed by atoms with E-state index in [1.807, 2.05) is 0 Å². The smallest absolute Gasteiger partial charge is 0.307 e. The molecule has 0 aliphatic heterocycles. The zero-order chi connectivity index (χ0) is 12.1. The van der Waals surface area contributed by atoms with Gasteiger partial charge in [-0.2, -0.15) is 0 Å². The van der Waals surface area contributed by atoms with E-state index >= 15 is 0 Å². The first-order valence-corrected chi connectivity index (χ1v) is 5.27. The van der Waals surface area contributed by atoms with E-state index in [0.717, 1.165) is 0 Å². The highest BCUT2D eigenvalue weighted by Crippen LogP contribution is 2.38. The van der Waals surface area contributed by atoms with Crippen LogP contribution in [-0.2, 0) is 14.4 Å². The van der Waals surface area contributed by atoms with Crippen molar-refractivity contribution in [1.82, 2.24) is 10.6 Å². The Morgan fingerprint density at radius 3 is 2.31 bits per heavy atom. The number of carboxylic acid groups (broad SMARTS) is 1. The molecule has 0 spiro atoms. The van der Waals surface area contributed by atoms with E-state index in [2.05, 4.69) is 10.6 Å². The van der Waals surface area contributed by atoms with Gasteiger partial charge < -0.3 is 15.7 Å². The van der Waals surface area contributed by atoms with Gasteiger partial charge in [0.2, 0.25) is 11.8 Å². The number of rotatable bonds is 6. The summed E-state index contributed by atoms with van der Waals surface area (Å²) in [5, 5.41) is 13.9. The van der Waals surface area contributed by atoms with Crippen LogP contribution in [0.25, 0.3) is 0 Å². The molecule has 0 aromatic carbocycles. The third kappa shape index (κ3) is 3.88. The third-order valence-corrected chi connectivity index (χ3v) is 2.47. The van der Waals surface area contributed by atoms with Gasteiger partial charge in [-0.1, -0.05) is 0 Å². The number of carbonyl (C=O) groups is 3. The molecule has 6 nitrogen and oxygen atoms in total. The van der Waals surface area contributed by atoms with Crippen LogP contribution in [0.2, 0.25) is 0 Å². The lowest BCUT2D eigenvalue weighted by Crippen LogP contribution is -2.30. The van der Waals surface area contributed by atoms with Crippen LogP contribution in [0.3, 0.4) is 0 Å². The number of nitrogens with one attached hydrogen (secondary N) is 2. The van der Waals surface area contributed by atoms with E-state index in [1.165, 1.54) is 6.92 Å². The van der Waals surface area contributed by atoms with Crippen molar-refractivity contribution in [2.24, 2.45) is 11.8 Å². The second-order valence-corrected chi connectivity index (χ2v) is 3.91. The monoisotopic (exact) mass is 228 g/mol. The van der Waals surface area contributed by atoms with Crippen LogP contribution in [0.4, 0.5) is 0 Å². The molecule has 0 heterocycles. The Morgan fingerprint density at radius 2 is 1.81 bits per heavy atom. The van der Waals surface area contributed by atoms with Gasteiger partial charge in [0.05, 0.1) is 11.8 Å². The maximum absolute atomic E-state index is 11.4. The lowest BCUT2D eigenvalue weighted by molar-refractivity contribution is -0.140. The van der Waals surface area contributed by atoms with Crippen molar-refractivity contribution >= 4 is 17.8 Å². The molecule has 0 aromatic heterocycles. The summed E-state index contributed by atoms with van der Waals surface area (Å²) in [6.07, 6.45) is 1.09. The summed E-state index contributed by atoms with van der Waals surface area (Å²) in [7, 11) is 0. The van der Waals surface area contributed by atoms with Crippen LogP contribution in [0.1, 0.15) is 19.8 Å². The van der Waals surface area contributed by atoms with Crippen LogP contribution in [0, 0.1) is 11.8 Å². The number of hydrogen-bond acceptors (Lipinski definition) is 3. The van der Waals surface area contributed by atoms with Gasteiger partial charge in [-0.3, -0.25) is 14.4 Å². The maximum atomic E-state index is 11.4. The fraction of sp³-hybridized carbons (Fsp3) is 0.700. The number of aliphatic carboxylic acids is 1.